The molecule has 2 heteroatoms. The highest BCUT2D eigenvalue weighted by atomic mass is 15.1. The molecule has 100 valence electrons. The molecular formula is C16H26N2. The van der Waals surface area contributed by atoms with Crippen LogP contribution in [0.3, 0.4) is 0 Å². The number of hydrogen-bond acceptors (Lipinski definition) is 2. The molecule has 0 unspecified atom stereocenters. The Balaban J connectivity index is 1.89. The Bertz CT molecular complexity index is 339. The van der Waals surface area contributed by atoms with E-state index in [1.165, 1.54) is 49.9 Å². The van der Waals surface area contributed by atoms with Crippen molar-refractivity contribution < 1.29 is 0 Å². The maximum atomic E-state index is 5.64. The van der Waals surface area contributed by atoms with Crippen LogP contribution in [0.5, 0.6) is 0 Å². The molecule has 0 aromatic heterocycles. The second-order valence-electron chi connectivity index (χ2n) is 5.39. The molecule has 0 spiro atoms. The minimum atomic E-state index is 0.633. The van der Waals surface area contributed by atoms with Crippen molar-refractivity contribution in [3.63, 3.8) is 0 Å². The molecule has 1 aliphatic rings. The number of nitrogens with two attached hydrogens (primary N) is 1. The zero-order valence-electron chi connectivity index (χ0n) is 11.6. The van der Waals surface area contributed by atoms with E-state index in [1.54, 1.807) is 0 Å². The molecule has 0 atom stereocenters. The molecule has 1 fully saturated rings. The lowest BCUT2D eigenvalue weighted by atomic mass is 10.0. The number of nitrogens with zero attached hydrogens (tertiary/aromatic N) is 1. The highest BCUT2D eigenvalue weighted by Crippen LogP contribution is 2.28. The van der Waals surface area contributed by atoms with E-state index in [-0.39, 0.29) is 0 Å². The highest BCUT2D eigenvalue weighted by Gasteiger charge is 2.15. The van der Waals surface area contributed by atoms with Crippen molar-refractivity contribution >= 4 is 5.69 Å². The molecule has 0 bridgehead atoms. The summed E-state index contributed by atoms with van der Waals surface area (Å²) in [7, 11) is 0. The van der Waals surface area contributed by atoms with Crippen molar-refractivity contribution in [3.05, 3.63) is 29.8 Å². The lowest BCUT2D eigenvalue weighted by Crippen LogP contribution is -2.25. The number of rotatable bonds is 6. The average Bonchev–Trinajstić information content (AvgIpc) is 2.93. The molecule has 2 N–H and O–H groups in total. The van der Waals surface area contributed by atoms with Gasteiger partial charge in [0.1, 0.15) is 0 Å². The quantitative estimate of drug-likeness (QED) is 0.831. The van der Waals surface area contributed by atoms with Gasteiger partial charge in [-0.2, -0.15) is 0 Å². The first kappa shape index (κ1) is 13.4. The maximum Gasteiger partial charge on any atom is 0.0366 e. The van der Waals surface area contributed by atoms with Gasteiger partial charge in [0, 0.05) is 25.3 Å². The topological polar surface area (TPSA) is 29.3 Å². The van der Waals surface area contributed by atoms with E-state index >= 15 is 0 Å². The first-order valence-corrected chi connectivity index (χ1v) is 7.37. The summed E-state index contributed by atoms with van der Waals surface area (Å²) in [4.78, 5) is 2.48. The molecule has 0 aliphatic heterocycles. The number of anilines is 1. The van der Waals surface area contributed by atoms with Gasteiger partial charge in [-0.15, -0.1) is 0 Å². The van der Waals surface area contributed by atoms with Gasteiger partial charge in [0.25, 0.3) is 0 Å². The molecule has 0 radical (unpaired) electrons. The van der Waals surface area contributed by atoms with Gasteiger partial charge >= 0.3 is 0 Å². The monoisotopic (exact) mass is 246 g/mol. The van der Waals surface area contributed by atoms with Crippen LogP contribution in [-0.4, -0.2) is 13.1 Å². The third kappa shape index (κ3) is 3.49. The predicted molar refractivity (Wildman–Crippen MR) is 78.8 cm³/mol. The van der Waals surface area contributed by atoms with Crippen molar-refractivity contribution in [2.75, 3.05) is 18.0 Å². The van der Waals surface area contributed by atoms with Crippen molar-refractivity contribution in [2.45, 2.75) is 45.6 Å². The van der Waals surface area contributed by atoms with E-state index in [2.05, 4.69) is 36.1 Å². The van der Waals surface area contributed by atoms with E-state index in [4.69, 9.17) is 5.73 Å². The highest BCUT2D eigenvalue weighted by molar-refractivity contribution is 5.47. The second kappa shape index (κ2) is 6.79. The number of benzene rings is 1. The van der Waals surface area contributed by atoms with Gasteiger partial charge in [0.2, 0.25) is 0 Å². The van der Waals surface area contributed by atoms with Crippen LogP contribution in [0.2, 0.25) is 0 Å². The number of hydrogen-bond donors (Lipinski definition) is 1. The molecule has 18 heavy (non-hydrogen) atoms. The second-order valence-corrected chi connectivity index (χ2v) is 5.39. The van der Waals surface area contributed by atoms with Gasteiger partial charge in [-0.05, 0) is 37.0 Å². The Kier molecular flexibility index (Phi) is 5.06. The van der Waals surface area contributed by atoms with Crippen molar-refractivity contribution in [3.8, 4) is 0 Å². The van der Waals surface area contributed by atoms with Gasteiger partial charge in [0.05, 0.1) is 0 Å². The fourth-order valence-electron chi connectivity index (χ4n) is 2.95. The maximum absolute atomic E-state index is 5.64. The summed E-state index contributed by atoms with van der Waals surface area (Å²) >= 11 is 0. The van der Waals surface area contributed by atoms with Crippen LogP contribution >= 0.6 is 0 Å². The Morgan fingerprint density at radius 1 is 1.17 bits per heavy atom. The standard InChI is InChI=1S/C16H26N2/c1-2-18(12-11-14-5-3-4-6-14)16-9-7-15(13-17)8-10-16/h7-10,14H,2-6,11-13,17H2,1H3. The van der Waals surface area contributed by atoms with E-state index < -0.39 is 0 Å². The smallest absolute Gasteiger partial charge is 0.0366 e. The van der Waals surface area contributed by atoms with Crippen molar-refractivity contribution in [2.24, 2.45) is 11.7 Å². The van der Waals surface area contributed by atoms with Gasteiger partial charge in [-0.3, -0.25) is 0 Å². The fourth-order valence-corrected chi connectivity index (χ4v) is 2.95. The van der Waals surface area contributed by atoms with E-state index in [1.807, 2.05) is 0 Å². The van der Waals surface area contributed by atoms with E-state index in [9.17, 15) is 0 Å². The Labute approximate surface area is 111 Å². The molecule has 1 aromatic rings. The van der Waals surface area contributed by atoms with Gasteiger partial charge in [-0.25, -0.2) is 0 Å². The minimum Gasteiger partial charge on any atom is -0.372 e. The third-order valence-electron chi connectivity index (χ3n) is 4.20. The largest absolute Gasteiger partial charge is 0.372 e. The molecule has 0 saturated heterocycles. The molecule has 1 saturated carbocycles. The molecule has 1 aromatic carbocycles. The summed E-state index contributed by atoms with van der Waals surface area (Å²) in [6, 6.07) is 8.71. The van der Waals surface area contributed by atoms with Crippen molar-refractivity contribution in [1.82, 2.24) is 0 Å². The summed E-state index contributed by atoms with van der Waals surface area (Å²) in [6.07, 6.45) is 7.14. The first-order valence-electron chi connectivity index (χ1n) is 7.37. The lowest BCUT2D eigenvalue weighted by Gasteiger charge is -2.25. The molecular weight excluding hydrogens is 220 g/mol. The van der Waals surface area contributed by atoms with Crippen LogP contribution in [-0.2, 0) is 6.54 Å². The summed E-state index contributed by atoms with van der Waals surface area (Å²) in [6.45, 7) is 5.16. The zero-order chi connectivity index (χ0) is 12.8. The minimum absolute atomic E-state index is 0.633. The summed E-state index contributed by atoms with van der Waals surface area (Å²) in [5.41, 5.74) is 8.19. The molecule has 0 amide bonds. The zero-order valence-corrected chi connectivity index (χ0v) is 11.6. The van der Waals surface area contributed by atoms with Gasteiger partial charge in [0.15, 0.2) is 0 Å². The Morgan fingerprint density at radius 3 is 2.39 bits per heavy atom. The molecule has 0 heterocycles. The predicted octanol–water partition coefficient (Wildman–Crippen LogP) is 3.55. The van der Waals surface area contributed by atoms with E-state index in [0.717, 1.165) is 12.5 Å². The normalized spacial score (nSPS) is 16.1. The molecule has 1 aliphatic carbocycles. The Morgan fingerprint density at radius 2 is 1.83 bits per heavy atom. The molecule has 2 nitrogen and oxygen atoms in total. The summed E-state index contributed by atoms with van der Waals surface area (Å²) < 4.78 is 0. The van der Waals surface area contributed by atoms with E-state index in [0.29, 0.717) is 6.54 Å². The first-order chi connectivity index (χ1) is 8.83. The average molecular weight is 246 g/mol. The molecule has 2 rings (SSSR count). The fraction of sp³-hybridized carbons (Fsp3) is 0.625. The van der Waals surface area contributed by atoms with Gasteiger partial charge < -0.3 is 10.6 Å². The third-order valence-corrected chi connectivity index (χ3v) is 4.20. The van der Waals surface area contributed by atoms with Crippen LogP contribution in [0.4, 0.5) is 5.69 Å². The van der Waals surface area contributed by atoms with Crippen LogP contribution < -0.4 is 10.6 Å². The van der Waals surface area contributed by atoms with Gasteiger partial charge in [-0.1, -0.05) is 37.8 Å². The lowest BCUT2D eigenvalue weighted by molar-refractivity contribution is 0.501. The van der Waals surface area contributed by atoms with Crippen LogP contribution in [0, 0.1) is 5.92 Å². The SMILES string of the molecule is CCN(CCC1CCCC1)c1ccc(CN)cc1. The summed E-state index contributed by atoms with van der Waals surface area (Å²) in [5.74, 6) is 0.974. The van der Waals surface area contributed by atoms with Crippen LogP contribution in [0.25, 0.3) is 0 Å². The van der Waals surface area contributed by atoms with Crippen LogP contribution in [0.15, 0.2) is 24.3 Å². The Hall–Kier alpha value is -1.02. The summed E-state index contributed by atoms with van der Waals surface area (Å²) in [5, 5.41) is 0. The van der Waals surface area contributed by atoms with Crippen molar-refractivity contribution in [1.29, 1.82) is 0 Å². The van der Waals surface area contributed by atoms with Crippen LogP contribution in [0.1, 0.15) is 44.6 Å².